The Bertz CT molecular complexity index is 139. The molecule has 0 aliphatic rings. The molecule has 0 spiro atoms. The molecular formula is C10H25NO3Si. The Kier molecular flexibility index (Phi) is 8.27. The highest BCUT2D eigenvalue weighted by atomic mass is 28.4. The fourth-order valence-corrected chi connectivity index (χ4v) is 4.09. The number of rotatable bonds is 9. The second kappa shape index (κ2) is 8.24. The minimum Gasteiger partial charge on any atom is -0.374 e. The van der Waals surface area contributed by atoms with E-state index in [1.165, 1.54) is 0 Å². The van der Waals surface area contributed by atoms with E-state index in [-0.39, 0.29) is 0 Å². The van der Waals surface area contributed by atoms with Crippen molar-refractivity contribution in [2.45, 2.75) is 26.8 Å². The Morgan fingerprint density at radius 2 is 1.27 bits per heavy atom. The van der Waals surface area contributed by atoms with Crippen LogP contribution in [0.2, 0.25) is 6.04 Å². The molecule has 0 rings (SSSR count). The van der Waals surface area contributed by atoms with Crippen molar-refractivity contribution >= 4 is 8.80 Å². The third-order valence-corrected chi connectivity index (χ3v) is 4.98. The van der Waals surface area contributed by atoms with Crippen LogP contribution < -0.4 is 0 Å². The van der Waals surface area contributed by atoms with Crippen LogP contribution in [0.4, 0.5) is 0 Å². The van der Waals surface area contributed by atoms with Crippen molar-refractivity contribution in [3.8, 4) is 0 Å². The van der Waals surface area contributed by atoms with Gasteiger partial charge in [-0.05, 0) is 34.9 Å². The van der Waals surface area contributed by atoms with E-state index < -0.39 is 8.80 Å². The molecule has 4 nitrogen and oxygen atoms in total. The van der Waals surface area contributed by atoms with Crippen LogP contribution in [-0.4, -0.2) is 54.2 Å². The van der Waals surface area contributed by atoms with Gasteiger partial charge in [-0.1, -0.05) is 0 Å². The maximum absolute atomic E-state index is 5.73. The van der Waals surface area contributed by atoms with Crippen LogP contribution in [0, 0.1) is 0 Å². The monoisotopic (exact) mass is 235 g/mol. The van der Waals surface area contributed by atoms with Crippen molar-refractivity contribution in [1.82, 2.24) is 4.90 Å². The molecule has 0 N–H and O–H groups in total. The highest BCUT2D eigenvalue weighted by Gasteiger charge is 2.39. The van der Waals surface area contributed by atoms with Gasteiger partial charge in [-0.25, -0.2) is 0 Å². The summed E-state index contributed by atoms with van der Waals surface area (Å²) in [4.78, 5) is 2.12. The molecule has 15 heavy (non-hydrogen) atoms. The van der Waals surface area contributed by atoms with Gasteiger partial charge >= 0.3 is 8.80 Å². The van der Waals surface area contributed by atoms with E-state index in [0.717, 1.165) is 12.6 Å². The van der Waals surface area contributed by atoms with Crippen molar-refractivity contribution < 1.29 is 13.3 Å². The Morgan fingerprint density at radius 1 is 0.867 bits per heavy atom. The van der Waals surface area contributed by atoms with Crippen LogP contribution in [0.25, 0.3) is 0 Å². The average molecular weight is 235 g/mol. The maximum atomic E-state index is 5.73. The van der Waals surface area contributed by atoms with E-state index in [9.17, 15) is 0 Å². The third kappa shape index (κ3) is 6.27. The molecule has 0 atom stereocenters. The van der Waals surface area contributed by atoms with Crippen LogP contribution in [0.5, 0.6) is 0 Å². The molecule has 92 valence electrons. The molecule has 0 aliphatic carbocycles. The maximum Gasteiger partial charge on any atom is 0.502 e. The van der Waals surface area contributed by atoms with E-state index >= 15 is 0 Å². The van der Waals surface area contributed by atoms with E-state index in [4.69, 9.17) is 13.3 Å². The molecule has 0 unspecified atom stereocenters. The van der Waals surface area contributed by atoms with Gasteiger partial charge in [-0.3, -0.25) is 0 Å². The summed E-state index contributed by atoms with van der Waals surface area (Å²) in [5, 5.41) is 0. The van der Waals surface area contributed by atoms with Crippen LogP contribution in [0.3, 0.4) is 0 Å². The van der Waals surface area contributed by atoms with Crippen LogP contribution >= 0.6 is 0 Å². The summed E-state index contributed by atoms with van der Waals surface area (Å²) in [5.74, 6) is 0. The first kappa shape index (κ1) is 15.1. The van der Waals surface area contributed by atoms with Gasteiger partial charge in [0.05, 0.1) is 0 Å². The summed E-state index contributed by atoms with van der Waals surface area (Å²) < 4.78 is 17.2. The molecule has 0 bridgehead atoms. The molecule has 0 saturated carbocycles. The lowest BCUT2D eigenvalue weighted by Gasteiger charge is -2.29. The second-order valence-electron chi connectivity index (χ2n) is 3.54. The zero-order chi connectivity index (χ0) is 11.7. The zero-order valence-electron chi connectivity index (χ0n) is 10.7. The molecule has 0 amide bonds. The molecular weight excluding hydrogens is 210 g/mol. The first-order chi connectivity index (χ1) is 7.10. The number of nitrogens with zero attached hydrogens (tertiary/aromatic N) is 1. The number of hydrogen-bond acceptors (Lipinski definition) is 4. The highest BCUT2D eigenvalue weighted by molar-refractivity contribution is 6.60. The normalized spacial score (nSPS) is 12.4. The van der Waals surface area contributed by atoms with Gasteiger partial charge in [0.25, 0.3) is 0 Å². The van der Waals surface area contributed by atoms with Gasteiger partial charge in [-0.2, -0.15) is 0 Å². The molecule has 0 fully saturated rings. The van der Waals surface area contributed by atoms with Crippen LogP contribution in [0.15, 0.2) is 0 Å². The molecule has 0 aromatic heterocycles. The molecule has 5 heteroatoms. The van der Waals surface area contributed by atoms with Gasteiger partial charge in [0.1, 0.15) is 0 Å². The van der Waals surface area contributed by atoms with E-state index in [1.54, 1.807) is 0 Å². The molecule has 0 heterocycles. The van der Waals surface area contributed by atoms with Gasteiger partial charge < -0.3 is 18.2 Å². The summed E-state index contributed by atoms with van der Waals surface area (Å²) in [6.45, 7) is 8.84. The van der Waals surface area contributed by atoms with E-state index in [1.807, 2.05) is 34.9 Å². The third-order valence-electron chi connectivity index (χ3n) is 1.96. The quantitative estimate of drug-likeness (QED) is 0.568. The predicted molar refractivity (Wildman–Crippen MR) is 64.0 cm³/mol. The molecule has 0 aromatic carbocycles. The lowest BCUT2D eigenvalue weighted by molar-refractivity contribution is 0.0694. The largest absolute Gasteiger partial charge is 0.502 e. The van der Waals surface area contributed by atoms with E-state index in [0.29, 0.717) is 19.8 Å². The topological polar surface area (TPSA) is 30.9 Å². The van der Waals surface area contributed by atoms with Crippen molar-refractivity contribution in [2.24, 2.45) is 0 Å². The second-order valence-corrected chi connectivity index (χ2v) is 6.27. The van der Waals surface area contributed by atoms with Crippen molar-refractivity contribution in [3.63, 3.8) is 0 Å². The van der Waals surface area contributed by atoms with Gasteiger partial charge in [0, 0.05) is 32.4 Å². The Hall–Kier alpha value is 0.0569. The van der Waals surface area contributed by atoms with Gasteiger partial charge in [0.2, 0.25) is 0 Å². The Labute approximate surface area is 94.9 Å². The smallest absolute Gasteiger partial charge is 0.374 e. The Morgan fingerprint density at radius 3 is 1.53 bits per heavy atom. The average Bonchev–Trinajstić information content (AvgIpc) is 2.16. The predicted octanol–water partition coefficient (Wildman–Crippen LogP) is 1.60. The highest BCUT2D eigenvalue weighted by Crippen LogP contribution is 2.15. The minimum absolute atomic E-state index is 0.652. The molecule has 0 radical (unpaired) electrons. The Balaban J connectivity index is 4.31. The fourth-order valence-electron chi connectivity index (χ4n) is 1.36. The van der Waals surface area contributed by atoms with Crippen LogP contribution in [-0.2, 0) is 13.3 Å². The molecule has 0 aliphatic heterocycles. The lowest BCUT2D eigenvalue weighted by atomic mass is 10.7. The van der Waals surface area contributed by atoms with Crippen LogP contribution in [0.1, 0.15) is 20.8 Å². The van der Waals surface area contributed by atoms with Gasteiger partial charge in [0.15, 0.2) is 0 Å². The first-order valence-electron chi connectivity index (χ1n) is 5.66. The zero-order valence-corrected chi connectivity index (χ0v) is 11.7. The standard InChI is InChI=1S/C10H25NO3Si/c1-6-12-15(13-7-2,14-8-3)10-9-11(4)5/h6-10H2,1-5H3. The summed E-state index contributed by atoms with van der Waals surface area (Å²) in [7, 11) is 1.69. The summed E-state index contributed by atoms with van der Waals surface area (Å²) in [6.07, 6.45) is 0. The lowest BCUT2D eigenvalue weighted by Crippen LogP contribution is -2.47. The van der Waals surface area contributed by atoms with Crippen molar-refractivity contribution in [2.75, 3.05) is 40.5 Å². The molecule has 0 saturated heterocycles. The summed E-state index contributed by atoms with van der Waals surface area (Å²) in [6, 6.07) is 0.857. The van der Waals surface area contributed by atoms with Crippen molar-refractivity contribution in [3.05, 3.63) is 0 Å². The minimum atomic E-state index is -2.40. The van der Waals surface area contributed by atoms with Crippen molar-refractivity contribution in [1.29, 1.82) is 0 Å². The summed E-state index contributed by atoms with van der Waals surface area (Å²) in [5.41, 5.74) is 0. The molecule has 0 aromatic rings. The number of hydrogen-bond donors (Lipinski definition) is 0. The fraction of sp³-hybridized carbons (Fsp3) is 1.00. The van der Waals surface area contributed by atoms with E-state index in [2.05, 4.69) is 4.90 Å². The first-order valence-corrected chi connectivity index (χ1v) is 7.60. The van der Waals surface area contributed by atoms with Gasteiger partial charge in [-0.15, -0.1) is 0 Å². The SMILES string of the molecule is CCO[Si](CCN(C)C)(OCC)OCC. The summed E-state index contributed by atoms with van der Waals surface area (Å²) >= 11 is 0.